The lowest BCUT2D eigenvalue weighted by Crippen LogP contribution is -2.30. The molecule has 3 N–H and O–H groups in total. The maximum atomic E-state index is 13.6. The fourth-order valence-corrected chi connectivity index (χ4v) is 6.37. The Morgan fingerprint density at radius 2 is 1.52 bits per heavy atom. The average molecular weight is 729 g/mol. The lowest BCUT2D eigenvalue weighted by molar-refractivity contribution is -0.115. The second kappa shape index (κ2) is 16.9. The average Bonchev–Trinajstić information content (AvgIpc) is 3.60. The molecule has 50 heavy (non-hydrogen) atoms. The molecule has 0 aliphatic heterocycles. The summed E-state index contributed by atoms with van der Waals surface area (Å²) in [4.78, 5) is 45.0. The molecule has 5 aromatic rings. The third-order valence-corrected chi connectivity index (χ3v) is 9.32. The number of carbonyl (C=O) groups is 3. The molecule has 256 valence electrons. The van der Waals surface area contributed by atoms with Crippen molar-refractivity contribution in [1.29, 1.82) is 0 Å². The van der Waals surface area contributed by atoms with Crippen LogP contribution in [-0.2, 0) is 9.59 Å². The van der Waals surface area contributed by atoms with Crippen LogP contribution in [0.1, 0.15) is 22.8 Å². The first-order chi connectivity index (χ1) is 24.2. The normalized spacial score (nSPS) is 11.7. The van der Waals surface area contributed by atoms with Gasteiger partial charge in [-0.1, -0.05) is 41.9 Å². The molecule has 4 aromatic carbocycles. The van der Waals surface area contributed by atoms with E-state index in [0.717, 1.165) is 16.2 Å². The predicted octanol–water partition coefficient (Wildman–Crippen LogP) is 8.02. The van der Waals surface area contributed by atoms with Crippen LogP contribution in [0.25, 0.3) is 17.3 Å². The molecule has 1 unspecified atom stereocenters. The summed E-state index contributed by atoms with van der Waals surface area (Å²) in [7, 11) is 4.48. The van der Waals surface area contributed by atoms with Crippen molar-refractivity contribution in [3.63, 3.8) is 0 Å². The van der Waals surface area contributed by atoms with E-state index in [4.69, 9.17) is 25.8 Å². The van der Waals surface area contributed by atoms with E-state index >= 15 is 0 Å². The molecule has 0 spiro atoms. The number of hydrogen-bond acceptors (Lipinski definition) is 9. The molecule has 0 saturated carbocycles. The smallest absolute Gasteiger partial charge is 0.272 e. The van der Waals surface area contributed by atoms with Crippen LogP contribution < -0.4 is 30.2 Å². The molecule has 1 heterocycles. The number of ether oxygens (including phenoxy) is 3. The molecule has 0 bridgehead atoms. The minimum absolute atomic E-state index is 0.0155. The van der Waals surface area contributed by atoms with Gasteiger partial charge in [-0.05, 0) is 79.2 Å². The van der Waals surface area contributed by atoms with E-state index in [1.54, 1.807) is 85.8 Å². The fraction of sp³-hybridized carbons (Fsp3) is 0.135. The monoisotopic (exact) mass is 728 g/mol. The van der Waals surface area contributed by atoms with Crippen LogP contribution in [-0.4, -0.2) is 49.3 Å². The van der Waals surface area contributed by atoms with E-state index in [2.05, 4.69) is 20.9 Å². The van der Waals surface area contributed by atoms with Gasteiger partial charge in [0.05, 0.1) is 32.3 Å². The molecule has 3 amide bonds. The van der Waals surface area contributed by atoms with Crippen molar-refractivity contribution >= 4 is 69.3 Å². The minimum Gasteiger partial charge on any atom is -0.493 e. The SMILES string of the molecule is COc1cc(/C=C(\NC(=O)c2ccccc2)C(=O)Nc2ccc(SC(C)C(=O)Nc3nc(-c4ccc(Cl)cc4)cs3)cc2)cc(OC)c1OC. The van der Waals surface area contributed by atoms with E-state index in [-0.39, 0.29) is 11.6 Å². The first-order valence-electron chi connectivity index (χ1n) is 15.2. The van der Waals surface area contributed by atoms with Crippen molar-refractivity contribution < 1.29 is 28.6 Å². The number of halogens is 1. The van der Waals surface area contributed by atoms with Gasteiger partial charge in [0, 0.05) is 32.1 Å². The van der Waals surface area contributed by atoms with Crippen LogP contribution >= 0.6 is 34.7 Å². The van der Waals surface area contributed by atoms with Crippen LogP contribution in [0.15, 0.2) is 107 Å². The Balaban J connectivity index is 1.27. The zero-order valence-corrected chi connectivity index (χ0v) is 29.9. The molecule has 1 atom stereocenters. The number of rotatable bonds is 13. The minimum atomic E-state index is -0.558. The molecule has 0 saturated heterocycles. The maximum Gasteiger partial charge on any atom is 0.272 e. The topological polar surface area (TPSA) is 128 Å². The van der Waals surface area contributed by atoms with Crippen molar-refractivity contribution in [2.75, 3.05) is 32.0 Å². The lowest BCUT2D eigenvalue weighted by atomic mass is 10.1. The number of hydrogen-bond donors (Lipinski definition) is 3. The van der Waals surface area contributed by atoms with Gasteiger partial charge >= 0.3 is 0 Å². The summed E-state index contributed by atoms with van der Waals surface area (Å²) in [6.07, 6.45) is 1.52. The van der Waals surface area contributed by atoms with Crippen LogP contribution in [0.3, 0.4) is 0 Å². The second-order valence-electron chi connectivity index (χ2n) is 10.6. The third-order valence-electron chi connectivity index (χ3n) is 7.20. The van der Waals surface area contributed by atoms with Crippen molar-refractivity contribution in [2.24, 2.45) is 0 Å². The van der Waals surface area contributed by atoms with Crippen LogP contribution in [0.4, 0.5) is 10.8 Å². The highest BCUT2D eigenvalue weighted by Gasteiger charge is 2.19. The van der Waals surface area contributed by atoms with E-state index in [1.165, 1.54) is 50.5 Å². The summed E-state index contributed by atoms with van der Waals surface area (Å²) in [6.45, 7) is 1.80. The Hall–Kier alpha value is -5.30. The van der Waals surface area contributed by atoms with Crippen molar-refractivity contribution in [2.45, 2.75) is 17.1 Å². The number of thioether (sulfide) groups is 1. The molecule has 0 radical (unpaired) electrons. The molecule has 0 aliphatic carbocycles. The number of nitrogens with zero attached hydrogens (tertiary/aromatic N) is 1. The quantitative estimate of drug-likeness (QED) is 0.0822. The first-order valence-corrected chi connectivity index (χ1v) is 17.3. The zero-order chi connectivity index (χ0) is 35.6. The Labute approximate surface area is 302 Å². The Morgan fingerprint density at radius 3 is 2.14 bits per heavy atom. The van der Waals surface area contributed by atoms with Gasteiger partial charge in [-0.15, -0.1) is 23.1 Å². The molecule has 0 fully saturated rings. The highest BCUT2D eigenvalue weighted by molar-refractivity contribution is 8.00. The Bertz CT molecular complexity index is 1980. The van der Waals surface area contributed by atoms with Crippen LogP contribution in [0, 0.1) is 0 Å². The fourth-order valence-electron chi connectivity index (χ4n) is 4.66. The maximum absolute atomic E-state index is 13.6. The van der Waals surface area contributed by atoms with Gasteiger partial charge in [0.15, 0.2) is 16.6 Å². The summed E-state index contributed by atoms with van der Waals surface area (Å²) in [6, 6.07) is 26.3. The number of methoxy groups -OCH3 is 3. The second-order valence-corrected chi connectivity index (χ2v) is 13.3. The number of aromatic nitrogens is 1. The van der Waals surface area contributed by atoms with E-state index in [1.807, 2.05) is 17.5 Å². The predicted molar refractivity (Wildman–Crippen MR) is 200 cm³/mol. The van der Waals surface area contributed by atoms with E-state index < -0.39 is 17.1 Å². The van der Waals surface area contributed by atoms with Gasteiger partial charge in [0.25, 0.3) is 11.8 Å². The molecule has 13 heteroatoms. The van der Waals surface area contributed by atoms with Gasteiger partial charge in [0.2, 0.25) is 11.7 Å². The van der Waals surface area contributed by atoms with Crippen LogP contribution in [0.5, 0.6) is 17.2 Å². The van der Waals surface area contributed by atoms with E-state index in [0.29, 0.717) is 44.2 Å². The van der Waals surface area contributed by atoms with Gasteiger partial charge in [-0.2, -0.15) is 0 Å². The number of thiazole rings is 1. The number of amides is 3. The summed E-state index contributed by atoms with van der Waals surface area (Å²) in [5, 5.41) is 11.0. The molecule has 1 aromatic heterocycles. The van der Waals surface area contributed by atoms with Crippen molar-refractivity contribution in [3.05, 3.63) is 118 Å². The highest BCUT2D eigenvalue weighted by atomic mass is 35.5. The standard InChI is InChI=1S/C37H33ClN4O6S2/c1-22(34(43)42-37-41-30(21-49-37)24-10-12-26(38)13-11-24)50-28-16-14-27(15-17-28)39-36(45)29(40-35(44)25-8-6-5-7-9-25)18-23-19-31(46-2)33(48-4)32(20-23)47-3/h5-22H,1-4H3,(H,39,45)(H,40,44)(H,41,42,43)/b29-18-. The third kappa shape index (κ3) is 9.23. The van der Waals surface area contributed by atoms with Crippen molar-refractivity contribution in [1.82, 2.24) is 10.3 Å². The summed E-state index contributed by atoms with van der Waals surface area (Å²) >= 11 is 8.69. The zero-order valence-electron chi connectivity index (χ0n) is 27.5. The molecule has 10 nitrogen and oxygen atoms in total. The van der Waals surface area contributed by atoms with Crippen LogP contribution in [0.2, 0.25) is 5.02 Å². The van der Waals surface area contributed by atoms with Crippen molar-refractivity contribution in [3.8, 4) is 28.5 Å². The number of carbonyl (C=O) groups excluding carboxylic acids is 3. The summed E-state index contributed by atoms with van der Waals surface area (Å²) < 4.78 is 16.3. The Kier molecular flexibility index (Phi) is 12.2. The van der Waals surface area contributed by atoms with Gasteiger partial charge < -0.3 is 30.2 Å². The van der Waals surface area contributed by atoms with Gasteiger partial charge in [-0.3, -0.25) is 14.4 Å². The number of benzene rings is 4. The molecule has 0 aliphatic rings. The summed E-state index contributed by atoms with van der Waals surface area (Å²) in [5.41, 5.74) is 3.03. The molecular formula is C37H33ClN4O6S2. The summed E-state index contributed by atoms with van der Waals surface area (Å²) in [5.74, 6) is -0.0482. The van der Waals surface area contributed by atoms with Gasteiger partial charge in [-0.25, -0.2) is 4.98 Å². The Morgan fingerprint density at radius 1 is 0.860 bits per heavy atom. The number of nitrogens with one attached hydrogen (secondary N) is 3. The highest BCUT2D eigenvalue weighted by Crippen LogP contribution is 2.39. The molecule has 5 rings (SSSR count). The lowest BCUT2D eigenvalue weighted by Gasteiger charge is -2.15. The first kappa shape index (κ1) is 36.0. The largest absolute Gasteiger partial charge is 0.493 e. The van der Waals surface area contributed by atoms with Gasteiger partial charge in [0.1, 0.15) is 5.70 Å². The van der Waals surface area contributed by atoms with E-state index in [9.17, 15) is 14.4 Å². The molecular weight excluding hydrogens is 696 g/mol. The number of anilines is 2.